The highest BCUT2D eigenvalue weighted by molar-refractivity contribution is 5.91. The van der Waals surface area contributed by atoms with E-state index >= 15 is 0 Å². The normalized spacial score (nSPS) is 20.0. The summed E-state index contributed by atoms with van der Waals surface area (Å²) in [6, 6.07) is 30.4. The average Bonchev–Trinajstić information content (AvgIpc) is 2.96. The maximum absolute atomic E-state index is 13.6. The molecular weight excluding hydrogens is 488 g/mol. The molecule has 0 radical (unpaired) electrons. The highest BCUT2D eigenvalue weighted by Gasteiger charge is 2.46. The lowest BCUT2D eigenvalue weighted by molar-refractivity contribution is -0.0532. The van der Waals surface area contributed by atoms with Crippen molar-refractivity contribution in [1.29, 1.82) is 0 Å². The van der Waals surface area contributed by atoms with Crippen LogP contribution >= 0.6 is 0 Å². The SMILES string of the molecule is COc1cccc(C(=O)OC2C(OC(=O)c3cccc(C)c3)[C@@H](c3ccccc3C)c3ccccc3[C@@H]2C)c1. The van der Waals surface area contributed by atoms with E-state index in [2.05, 4.69) is 18.2 Å². The fraction of sp³-hybridized carbons (Fsp3) is 0.235. The Hall–Kier alpha value is -4.38. The van der Waals surface area contributed by atoms with Crippen LogP contribution in [0.3, 0.4) is 0 Å². The quantitative estimate of drug-likeness (QED) is 0.256. The number of aryl methyl sites for hydroxylation is 2. The molecule has 1 aliphatic carbocycles. The fourth-order valence-corrected chi connectivity index (χ4v) is 5.53. The van der Waals surface area contributed by atoms with Crippen molar-refractivity contribution < 1.29 is 23.8 Å². The smallest absolute Gasteiger partial charge is 0.338 e. The highest BCUT2D eigenvalue weighted by atomic mass is 16.6. The zero-order valence-electron chi connectivity index (χ0n) is 22.6. The topological polar surface area (TPSA) is 61.8 Å². The van der Waals surface area contributed by atoms with Crippen molar-refractivity contribution in [3.8, 4) is 5.75 Å². The van der Waals surface area contributed by atoms with Gasteiger partial charge in [-0.2, -0.15) is 0 Å². The lowest BCUT2D eigenvalue weighted by Crippen LogP contribution is -2.46. The van der Waals surface area contributed by atoms with Crippen LogP contribution in [0.2, 0.25) is 0 Å². The lowest BCUT2D eigenvalue weighted by atomic mass is 9.70. The fourth-order valence-electron chi connectivity index (χ4n) is 5.53. The number of carbonyl (C=O) groups is 2. The standard InChI is InChI=1S/C34H32O5/c1-21-11-9-13-24(19-21)33(35)39-32-30(27-16-6-5-12-22(27)2)29-18-8-7-17-28(29)23(3)31(32)38-34(36)25-14-10-15-26(20-25)37-4/h5-20,23,30-32H,1-4H3/t23-,30-,31?,32?/m0/s1. The molecule has 5 nitrogen and oxygen atoms in total. The van der Waals surface area contributed by atoms with Gasteiger partial charge in [-0.3, -0.25) is 0 Å². The number of benzene rings is 4. The van der Waals surface area contributed by atoms with Crippen molar-refractivity contribution >= 4 is 11.9 Å². The Bertz CT molecular complexity index is 1510. The van der Waals surface area contributed by atoms with Crippen molar-refractivity contribution in [3.63, 3.8) is 0 Å². The number of esters is 2. The van der Waals surface area contributed by atoms with Crippen molar-refractivity contribution in [2.45, 2.75) is 44.8 Å². The first-order valence-corrected chi connectivity index (χ1v) is 13.1. The van der Waals surface area contributed by atoms with Crippen molar-refractivity contribution in [3.05, 3.63) is 136 Å². The third-order valence-electron chi connectivity index (χ3n) is 7.54. The molecule has 0 heterocycles. The van der Waals surface area contributed by atoms with E-state index in [9.17, 15) is 9.59 Å². The second-order valence-corrected chi connectivity index (χ2v) is 10.1. The van der Waals surface area contributed by atoms with Gasteiger partial charge < -0.3 is 14.2 Å². The van der Waals surface area contributed by atoms with E-state index in [1.54, 1.807) is 37.4 Å². The van der Waals surface area contributed by atoms with Crippen LogP contribution in [0.4, 0.5) is 0 Å². The summed E-state index contributed by atoms with van der Waals surface area (Å²) in [5.74, 6) is -0.921. The average molecular weight is 521 g/mol. The van der Waals surface area contributed by atoms with E-state index in [4.69, 9.17) is 14.2 Å². The Morgan fingerprint density at radius 1 is 0.641 bits per heavy atom. The Balaban J connectivity index is 1.61. The van der Waals surface area contributed by atoms with Gasteiger partial charge in [-0.1, -0.05) is 79.2 Å². The molecular formula is C34H32O5. The van der Waals surface area contributed by atoms with Crippen LogP contribution in [0.1, 0.15) is 67.3 Å². The summed E-state index contributed by atoms with van der Waals surface area (Å²) in [6.45, 7) is 6.00. The third-order valence-corrected chi connectivity index (χ3v) is 7.54. The minimum absolute atomic E-state index is 0.216. The van der Waals surface area contributed by atoms with Crippen molar-refractivity contribution in [2.75, 3.05) is 7.11 Å². The largest absolute Gasteiger partial charge is 0.497 e. The van der Waals surface area contributed by atoms with Gasteiger partial charge >= 0.3 is 11.9 Å². The number of fused-ring (bicyclic) bond motifs is 1. The van der Waals surface area contributed by atoms with Gasteiger partial charge in [0.15, 0.2) is 6.10 Å². The number of rotatable bonds is 6. The summed E-state index contributed by atoms with van der Waals surface area (Å²) in [6.07, 6.45) is -1.48. The van der Waals surface area contributed by atoms with Gasteiger partial charge in [0.05, 0.1) is 24.2 Å². The van der Waals surface area contributed by atoms with Gasteiger partial charge in [0.1, 0.15) is 11.9 Å². The van der Waals surface area contributed by atoms with E-state index in [0.717, 1.165) is 27.8 Å². The molecule has 0 aliphatic heterocycles. The van der Waals surface area contributed by atoms with Crippen molar-refractivity contribution in [1.82, 2.24) is 0 Å². The van der Waals surface area contributed by atoms with Crippen molar-refractivity contribution in [2.24, 2.45) is 0 Å². The van der Waals surface area contributed by atoms with Gasteiger partial charge in [-0.05, 0) is 66.4 Å². The van der Waals surface area contributed by atoms with E-state index in [-0.39, 0.29) is 11.8 Å². The second kappa shape index (κ2) is 11.2. The molecule has 0 aromatic heterocycles. The highest BCUT2D eigenvalue weighted by Crippen LogP contribution is 2.46. The minimum Gasteiger partial charge on any atom is -0.497 e. The zero-order chi connectivity index (χ0) is 27.5. The second-order valence-electron chi connectivity index (χ2n) is 10.1. The molecule has 0 saturated heterocycles. The van der Waals surface area contributed by atoms with Crippen LogP contribution in [0.5, 0.6) is 5.75 Å². The number of methoxy groups -OCH3 is 1. The summed E-state index contributed by atoms with van der Waals surface area (Å²) in [7, 11) is 1.55. The monoisotopic (exact) mass is 520 g/mol. The molecule has 39 heavy (non-hydrogen) atoms. The molecule has 0 N–H and O–H groups in total. The predicted molar refractivity (Wildman–Crippen MR) is 150 cm³/mol. The first-order valence-electron chi connectivity index (χ1n) is 13.1. The van der Waals surface area contributed by atoms with E-state index in [0.29, 0.717) is 16.9 Å². The van der Waals surface area contributed by atoms with Gasteiger partial charge in [0.2, 0.25) is 0 Å². The Labute approximate surface area is 229 Å². The number of hydrogen-bond acceptors (Lipinski definition) is 5. The van der Waals surface area contributed by atoms with Crippen LogP contribution < -0.4 is 4.74 Å². The van der Waals surface area contributed by atoms with Crippen LogP contribution in [0, 0.1) is 13.8 Å². The van der Waals surface area contributed by atoms with E-state index in [1.165, 1.54) is 0 Å². The van der Waals surface area contributed by atoms with Gasteiger partial charge in [-0.15, -0.1) is 0 Å². The predicted octanol–water partition coefficient (Wildman–Crippen LogP) is 7.01. The van der Waals surface area contributed by atoms with Crippen LogP contribution in [0.15, 0.2) is 97.1 Å². The summed E-state index contributed by atoms with van der Waals surface area (Å²) < 4.78 is 17.9. The molecule has 2 unspecified atom stereocenters. The third kappa shape index (κ3) is 5.30. The number of ether oxygens (including phenoxy) is 3. The number of hydrogen-bond donors (Lipinski definition) is 0. The van der Waals surface area contributed by atoms with Gasteiger partial charge in [0, 0.05) is 5.92 Å². The summed E-state index contributed by atoms with van der Waals surface area (Å²) in [4.78, 5) is 27.0. The van der Waals surface area contributed by atoms with Gasteiger partial charge in [-0.25, -0.2) is 9.59 Å². The molecule has 5 rings (SSSR count). The molecule has 4 atom stereocenters. The molecule has 0 spiro atoms. The first kappa shape index (κ1) is 26.2. The molecule has 0 amide bonds. The molecule has 198 valence electrons. The summed E-state index contributed by atoms with van der Waals surface area (Å²) >= 11 is 0. The Kier molecular flexibility index (Phi) is 7.51. The molecule has 5 heteroatoms. The summed E-state index contributed by atoms with van der Waals surface area (Å²) in [5.41, 5.74) is 6.03. The molecule has 0 fully saturated rings. The maximum Gasteiger partial charge on any atom is 0.338 e. The zero-order valence-corrected chi connectivity index (χ0v) is 22.6. The molecule has 4 aromatic carbocycles. The number of carbonyl (C=O) groups excluding carboxylic acids is 2. The maximum atomic E-state index is 13.6. The first-order chi connectivity index (χ1) is 18.9. The van der Waals surface area contributed by atoms with Crippen LogP contribution in [-0.2, 0) is 9.47 Å². The Morgan fingerprint density at radius 2 is 1.23 bits per heavy atom. The van der Waals surface area contributed by atoms with Crippen LogP contribution in [0.25, 0.3) is 0 Å². The van der Waals surface area contributed by atoms with E-state index in [1.807, 2.05) is 69.3 Å². The van der Waals surface area contributed by atoms with Gasteiger partial charge in [0.25, 0.3) is 0 Å². The van der Waals surface area contributed by atoms with E-state index < -0.39 is 24.1 Å². The summed E-state index contributed by atoms with van der Waals surface area (Å²) in [5, 5.41) is 0. The lowest BCUT2D eigenvalue weighted by Gasteiger charge is -2.42. The molecule has 4 aromatic rings. The Morgan fingerprint density at radius 3 is 1.90 bits per heavy atom. The van der Waals surface area contributed by atoms with Crippen LogP contribution in [-0.4, -0.2) is 31.3 Å². The molecule has 0 saturated carbocycles. The minimum atomic E-state index is -0.751. The molecule has 1 aliphatic rings. The molecule has 0 bridgehead atoms.